The average Bonchev–Trinajstić information content (AvgIpc) is 2.24. The Morgan fingerprint density at radius 3 is 0.591 bits per heavy atom. The number of nitrogens with two attached hydrogens (primary N) is 1. The Labute approximate surface area is 150 Å². The molecule has 0 aliphatic carbocycles. The molecule has 0 amide bonds. The van der Waals surface area contributed by atoms with Gasteiger partial charge in [0.05, 0.1) is 0 Å². The van der Waals surface area contributed by atoms with Crippen molar-refractivity contribution in [1.82, 2.24) is 4.90 Å². The molecule has 0 aromatic carbocycles. The van der Waals surface area contributed by atoms with Gasteiger partial charge in [0, 0.05) is 0 Å². The van der Waals surface area contributed by atoms with E-state index in [1.807, 2.05) is 6.92 Å². The van der Waals surface area contributed by atoms with Crippen LogP contribution in [-0.2, 0) is 0 Å². The molecule has 0 radical (unpaired) electrons. The maximum Gasteiger partial charge on any atom is -0.00474 e. The zero-order chi connectivity index (χ0) is 13.8. The van der Waals surface area contributed by atoms with Crippen LogP contribution >= 0.6 is 0 Å². The molecule has 0 aliphatic heterocycles. The fraction of sp³-hybridized carbons (Fsp3) is 1.00. The van der Waals surface area contributed by atoms with Crippen LogP contribution in [0.4, 0.5) is 0 Å². The van der Waals surface area contributed by atoms with Crippen molar-refractivity contribution in [1.29, 1.82) is 0 Å². The predicted molar refractivity (Wildman–Crippen MR) is 121 cm³/mol. The van der Waals surface area contributed by atoms with Crippen molar-refractivity contribution >= 4 is 0 Å². The van der Waals surface area contributed by atoms with E-state index in [1.165, 1.54) is 32.5 Å². The first-order valence-corrected chi connectivity index (χ1v) is 7.01. The second-order valence-electron chi connectivity index (χ2n) is 3.44. The minimum atomic E-state index is 0. The van der Waals surface area contributed by atoms with Gasteiger partial charge in [-0.25, -0.2) is 0 Å². The van der Waals surface area contributed by atoms with Gasteiger partial charge in [0.1, 0.15) is 0 Å². The molecule has 0 aliphatic rings. The van der Waals surface area contributed by atoms with Crippen LogP contribution in [0.1, 0.15) is 113 Å². The van der Waals surface area contributed by atoms with Crippen molar-refractivity contribution in [2.24, 2.45) is 5.73 Å². The number of hydrogen-bond donors (Lipinski definition) is 1. The van der Waals surface area contributed by atoms with Crippen molar-refractivity contribution in [3.63, 3.8) is 0 Å². The Hall–Kier alpha value is -0.0800. The third-order valence-corrected chi connectivity index (χ3v) is 1.34. The van der Waals surface area contributed by atoms with E-state index in [-0.39, 0.29) is 44.6 Å². The van der Waals surface area contributed by atoms with E-state index in [9.17, 15) is 0 Å². The number of rotatable bonds is 3. The van der Waals surface area contributed by atoms with Gasteiger partial charge in [0.2, 0.25) is 0 Å². The summed E-state index contributed by atoms with van der Waals surface area (Å²) in [5.41, 5.74) is 4.85. The molecule has 0 aromatic rings. The molecule has 0 atom stereocenters. The quantitative estimate of drug-likeness (QED) is 0.568. The molecular weight excluding hydrogens is 268 g/mol. The predicted octanol–water partition coefficient (Wildman–Crippen LogP) is 7.96. The third kappa shape index (κ3) is 203. The standard InChI is InChI=1S/C6H15N.2C3H8.C2H7N.6CH4/c1-4-7(5-2)6-3;2*1-3-2;1-2-3;;;;;;/h4-6H2,1-3H3;2*3H2,1-2H3;2-3H2,1H3;6*1H4. The summed E-state index contributed by atoms with van der Waals surface area (Å²) in [4.78, 5) is 2.38. The van der Waals surface area contributed by atoms with Gasteiger partial charge < -0.3 is 10.6 Å². The largest absolute Gasteiger partial charge is 0.331 e. The Bertz CT molecular complexity index is 52.5. The Kier molecular flexibility index (Phi) is 320. The zero-order valence-electron chi connectivity index (χ0n) is 13.3. The molecule has 2 nitrogen and oxygen atoms in total. The summed E-state index contributed by atoms with van der Waals surface area (Å²) in [5.74, 6) is 0. The van der Waals surface area contributed by atoms with E-state index in [0.29, 0.717) is 0 Å². The van der Waals surface area contributed by atoms with Crippen LogP contribution in [0.15, 0.2) is 0 Å². The van der Waals surface area contributed by atoms with Crippen LogP contribution in [0.25, 0.3) is 0 Å². The van der Waals surface area contributed by atoms with E-state index < -0.39 is 0 Å². The highest BCUT2D eigenvalue weighted by Crippen LogP contribution is 1.81. The summed E-state index contributed by atoms with van der Waals surface area (Å²) in [7, 11) is 0. The molecule has 0 saturated carbocycles. The highest BCUT2D eigenvalue weighted by Gasteiger charge is 1.89. The molecule has 0 saturated heterocycles. The molecule has 0 fully saturated rings. The normalized spacial score (nSPS) is 5.73. The molecule has 2 heteroatoms. The number of nitrogens with zero attached hydrogens (tertiary/aromatic N) is 1. The van der Waals surface area contributed by atoms with Crippen molar-refractivity contribution < 1.29 is 0 Å². The summed E-state index contributed by atoms with van der Waals surface area (Å²) in [6, 6.07) is 0. The first kappa shape index (κ1) is 67.5. The van der Waals surface area contributed by atoms with Gasteiger partial charge in [-0.1, -0.05) is 113 Å². The Morgan fingerprint density at radius 1 is 0.500 bits per heavy atom. The fourth-order valence-corrected chi connectivity index (χ4v) is 0.671. The molecule has 2 N–H and O–H groups in total. The average molecular weight is 331 g/mol. The zero-order valence-corrected chi connectivity index (χ0v) is 13.3. The van der Waals surface area contributed by atoms with Crippen molar-refractivity contribution in [2.45, 2.75) is 113 Å². The molecule has 152 valence electrons. The van der Waals surface area contributed by atoms with Crippen LogP contribution in [0.5, 0.6) is 0 Å². The topological polar surface area (TPSA) is 29.3 Å². The number of hydrogen-bond acceptors (Lipinski definition) is 2. The van der Waals surface area contributed by atoms with Gasteiger partial charge >= 0.3 is 0 Å². The minimum absolute atomic E-state index is 0. The van der Waals surface area contributed by atoms with Gasteiger partial charge in [-0.3, -0.25) is 0 Å². The van der Waals surface area contributed by atoms with E-state index in [4.69, 9.17) is 5.73 Å². The summed E-state index contributed by atoms with van der Waals surface area (Å²) in [6.45, 7) is 21.3. The van der Waals surface area contributed by atoms with Crippen LogP contribution in [-0.4, -0.2) is 31.1 Å². The molecule has 0 unspecified atom stereocenters. The highest BCUT2D eigenvalue weighted by molar-refractivity contribution is 4.43. The van der Waals surface area contributed by atoms with Gasteiger partial charge in [-0.2, -0.15) is 0 Å². The lowest BCUT2D eigenvalue weighted by molar-refractivity contribution is 0.321. The Morgan fingerprint density at radius 2 is 0.591 bits per heavy atom. The molecular formula is C20H62N2. The second kappa shape index (κ2) is 104. The van der Waals surface area contributed by atoms with Crippen molar-refractivity contribution in [3.05, 3.63) is 0 Å². The van der Waals surface area contributed by atoms with Gasteiger partial charge in [0.25, 0.3) is 0 Å². The fourth-order valence-electron chi connectivity index (χ4n) is 0.671. The molecule has 0 bridgehead atoms. The third-order valence-electron chi connectivity index (χ3n) is 1.34. The molecule has 0 rings (SSSR count). The van der Waals surface area contributed by atoms with E-state index >= 15 is 0 Å². The molecule has 0 aromatic heterocycles. The smallest absolute Gasteiger partial charge is 0.00474 e. The van der Waals surface area contributed by atoms with Crippen molar-refractivity contribution in [2.75, 3.05) is 26.2 Å². The Balaban J connectivity index is -0.0000000107. The first-order chi connectivity index (χ1) is 7.59. The van der Waals surface area contributed by atoms with Crippen LogP contribution in [0, 0.1) is 0 Å². The summed E-state index contributed by atoms with van der Waals surface area (Å²) in [5, 5.41) is 0. The molecule has 0 spiro atoms. The minimum Gasteiger partial charge on any atom is -0.331 e. The van der Waals surface area contributed by atoms with E-state index in [2.05, 4.69) is 53.4 Å². The molecule has 0 heterocycles. The first-order valence-electron chi connectivity index (χ1n) is 7.01. The van der Waals surface area contributed by atoms with Crippen LogP contribution in [0.3, 0.4) is 0 Å². The molecule has 22 heavy (non-hydrogen) atoms. The maximum atomic E-state index is 4.85. The second-order valence-corrected chi connectivity index (χ2v) is 3.44. The lowest BCUT2D eigenvalue weighted by atomic mass is 10.5. The van der Waals surface area contributed by atoms with Crippen LogP contribution in [0.2, 0.25) is 0 Å². The monoisotopic (exact) mass is 330 g/mol. The van der Waals surface area contributed by atoms with E-state index in [1.54, 1.807) is 0 Å². The van der Waals surface area contributed by atoms with Crippen LogP contribution < -0.4 is 5.73 Å². The van der Waals surface area contributed by atoms with Crippen molar-refractivity contribution in [3.8, 4) is 0 Å². The summed E-state index contributed by atoms with van der Waals surface area (Å²) in [6.07, 6.45) is 2.50. The van der Waals surface area contributed by atoms with E-state index in [0.717, 1.165) is 6.54 Å². The summed E-state index contributed by atoms with van der Waals surface area (Å²) >= 11 is 0. The van der Waals surface area contributed by atoms with Gasteiger partial charge in [-0.05, 0) is 26.2 Å². The maximum absolute atomic E-state index is 4.85. The summed E-state index contributed by atoms with van der Waals surface area (Å²) < 4.78 is 0. The van der Waals surface area contributed by atoms with Gasteiger partial charge in [-0.15, -0.1) is 0 Å². The SMILES string of the molecule is C.C.C.C.C.C.CCC.CCC.CCN.CCN(CC)CC. The lowest BCUT2D eigenvalue weighted by Gasteiger charge is -2.13. The lowest BCUT2D eigenvalue weighted by Crippen LogP contribution is -2.21. The highest BCUT2D eigenvalue weighted by atomic mass is 15.1. The van der Waals surface area contributed by atoms with Gasteiger partial charge in [0.15, 0.2) is 0 Å².